The molecule has 1 aromatic carbocycles. The normalized spacial score (nSPS) is 17.9. The zero-order valence-electron chi connectivity index (χ0n) is 13.2. The van der Waals surface area contributed by atoms with Crippen molar-refractivity contribution in [2.24, 2.45) is 0 Å². The molecule has 0 radical (unpaired) electrons. The van der Waals surface area contributed by atoms with Crippen LogP contribution in [0.4, 0.5) is 4.39 Å². The van der Waals surface area contributed by atoms with Gasteiger partial charge in [-0.15, -0.1) is 0 Å². The predicted octanol–water partition coefficient (Wildman–Crippen LogP) is 2.19. The maximum atomic E-state index is 13.2. The lowest BCUT2D eigenvalue weighted by Gasteiger charge is -2.22. The van der Waals surface area contributed by atoms with Crippen LogP contribution < -0.4 is 10.6 Å². The molecule has 1 atom stereocenters. The lowest BCUT2D eigenvalue weighted by atomic mass is 10.1. The van der Waals surface area contributed by atoms with Crippen molar-refractivity contribution < 1.29 is 9.18 Å². The van der Waals surface area contributed by atoms with E-state index in [1.807, 2.05) is 10.9 Å². The average molecular weight is 316 g/mol. The van der Waals surface area contributed by atoms with E-state index < -0.39 is 0 Å². The number of rotatable bonds is 4. The smallest absolute Gasteiger partial charge is 0.272 e. The second-order valence-electron chi connectivity index (χ2n) is 5.95. The summed E-state index contributed by atoms with van der Waals surface area (Å²) in [5, 5.41) is 10.5. The van der Waals surface area contributed by atoms with E-state index in [4.69, 9.17) is 0 Å². The summed E-state index contributed by atoms with van der Waals surface area (Å²) < 4.78 is 15.1. The van der Waals surface area contributed by atoms with Gasteiger partial charge >= 0.3 is 0 Å². The SMILES string of the molecule is Cc1cc(CNC(=O)c2ccn(C3CCCNC3)n2)ccc1F. The molecular weight excluding hydrogens is 295 g/mol. The Morgan fingerprint density at radius 2 is 2.35 bits per heavy atom. The summed E-state index contributed by atoms with van der Waals surface area (Å²) >= 11 is 0. The molecule has 0 saturated carbocycles. The Kier molecular flexibility index (Phi) is 4.71. The van der Waals surface area contributed by atoms with Crippen molar-refractivity contribution in [3.8, 4) is 0 Å². The number of piperidine rings is 1. The molecule has 1 saturated heterocycles. The Hall–Kier alpha value is -2.21. The minimum Gasteiger partial charge on any atom is -0.347 e. The number of nitrogens with zero attached hydrogens (tertiary/aromatic N) is 2. The third-order valence-corrected chi connectivity index (χ3v) is 4.16. The van der Waals surface area contributed by atoms with Gasteiger partial charge in [-0.2, -0.15) is 5.10 Å². The summed E-state index contributed by atoms with van der Waals surface area (Å²) in [6, 6.07) is 6.88. The summed E-state index contributed by atoms with van der Waals surface area (Å²) in [6.45, 7) is 4.00. The van der Waals surface area contributed by atoms with Crippen LogP contribution in [0.15, 0.2) is 30.5 Å². The van der Waals surface area contributed by atoms with Gasteiger partial charge in [-0.25, -0.2) is 4.39 Å². The highest BCUT2D eigenvalue weighted by atomic mass is 19.1. The Labute approximate surface area is 134 Å². The fourth-order valence-electron chi connectivity index (χ4n) is 2.81. The fraction of sp³-hybridized carbons (Fsp3) is 0.412. The number of hydrogen-bond acceptors (Lipinski definition) is 3. The van der Waals surface area contributed by atoms with E-state index in [0.29, 0.717) is 23.8 Å². The van der Waals surface area contributed by atoms with E-state index >= 15 is 0 Å². The van der Waals surface area contributed by atoms with Crippen molar-refractivity contribution in [1.82, 2.24) is 20.4 Å². The Balaban J connectivity index is 1.59. The molecule has 1 aromatic heterocycles. The number of carbonyl (C=O) groups excluding carboxylic acids is 1. The maximum absolute atomic E-state index is 13.2. The summed E-state index contributed by atoms with van der Waals surface area (Å²) in [5.41, 5.74) is 1.85. The van der Waals surface area contributed by atoms with E-state index in [1.54, 1.807) is 25.1 Å². The van der Waals surface area contributed by atoms with Crippen molar-refractivity contribution >= 4 is 5.91 Å². The summed E-state index contributed by atoms with van der Waals surface area (Å²) in [4.78, 5) is 12.2. The van der Waals surface area contributed by atoms with Crippen LogP contribution in [0, 0.1) is 12.7 Å². The van der Waals surface area contributed by atoms with E-state index in [1.165, 1.54) is 6.07 Å². The molecule has 122 valence electrons. The molecule has 0 aliphatic carbocycles. The van der Waals surface area contributed by atoms with Crippen LogP contribution >= 0.6 is 0 Å². The third-order valence-electron chi connectivity index (χ3n) is 4.16. The van der Waals surface area contributed by atoms with Gasteiger partial charge in [0.15, 0.2) is 0 Å². The topological polar surface area (TPSA) is 59.0 Å². The van der Waals surface area contributed by atoms with Crippen molar-refractivity contribution in [2.75, 3.05) is 13.1 Å². The second kappa shape index (κ2) is 6.91. The van der Waals surface area contributed by atoms with E-state index in [0.717, 1.165) is 31.5 Å². The first-order valence-electron chi connectivity index (χ1n) is 7.92. The van der Waals surface area contributed by atoms with Gasteiger partial charge < -0.3 is 10.6 Å². The van der Waals surface area contributed by atoms with Crippen LogP contribution in [-0.4, -0.2) is 28.8 Å². The highest BCUT2D eigenvalue weighted by molar-refractivity contribution is 5.92. The Bertz CT molecular complexity index is 692. The molecule has 1 amide bonds. The van der Waals surface area contributed by atoms with Crippen LogP contribution in [-0.2, 0) is 6.54 Å². The van der Waals surface area contributed by atoms with Gasteiger partial charge in [0.1, 0.15) is 11.5 Å². The zero-order chi connectivity index (χ0) is 16.2. The van der Waals surface area contributed by atoms with E-state index in [9.17, 15) is 9.18 Å². The average Bonchev–Trinajstić information content (AvgIpc) is 3.06. The number of hydrogen-bond donors (Lipinski definition) is 2. The van der Waals surface area contributed by atoms with E-state index in [-0.39, 0.29) is 11.7 Å². The second-order valence-corrected chi connectivity index (χ2v) is 5.95. The van der Waals surface area contributed by atoms with Gasteiger partial charge in [-0.05, 0) is 49.6 Å². The molecular formula is C17H21FN4O. The molecule has 0 spiro atoms. The molecule has 2 N–H and O–H groups in total. The minimum atomic E-state index is -0.236. The van der Waals surface area contributed by atoms with Crippen LogP contribution in [0.25, 0.3) is 0 Å². The predicted molar refractivity (Wildman–Crippen MR) is 85.7 cm³/mol. The van der Waals surface area contributed by atoms with Gasteiger partial charge in [-0.3, -0.25) is 9.48 Å². The van der Waals surface area contributed by atoms with Crippen molar-refractivity contribution in [3.63, 3.8) is 0 Å². The van der Waals surface area contributed by atoms with Gasteiger partial charge in [0, 0.05) is 19.3 Å². The van der Waals surface area contributed by atoms with Gasteiger partial charge in [0.05, 0.1) is 6.04 Å². The quantitative estimate of drug-likeness (QED) is 0.909. The Morgan fingerprint density at radius 3 is 3.09 bits per heavy atom. The van der Waals surface area contributed by atoms with Crippen LogP contribution in [0.1, 0.15) is 40.5 Å². The van der Waals surface area contributed by atoms with Crippen molar-refractivity contribution in [3.05, 3.63) is 53.1 Å². The van der Waals surface area contributed by atoms with Gasteiger partial charge in [0.2, 0.25) is 0 Å². The summed E-state index contributed by atoms with van der Waals surface area (Å²) in [7, 11) is 0. The summed E-state index contributed by atoms with van der Waals surface area (Å²) in [6.07, 6.45) is 4.05. The monoisotopic (exact) mass is 316 g/mol. The molecule has 2 aromatic rings. The number of amides is 1. The fourth-order valence-corrected chi connectivity index (χ4v) is 2.81. The number of aromatic nitrogens is 2. The lowest BCUT2D eigenvalue weighted by Crippen LogP contribution is -2.32. The Morgan fingerprint density at radius 1 is 1.48 bits per heavy atom. The van der Waals surface area contributed by atoms with Crippen LogP contribution in [0.5, 0.6) is 0 Å². The first-order chi connectivity index (χ1) is 11.1. The highest BCUT2D eigenvalue weighted by Crippen LogP contribution is 2.15. The molecule has 3 rings (SSSR count). The zero-order valence-corrected chi connectivity index (χ0v) is 13.2. The van der Waals surface area contributed by atoms with Gasteiger partial charge in [0.25, 0.3) is 5.91 Å². The van der Waals surface area contributed by atoms with Gasteiger partial charge in [-0.1, -0.05) is 12.1 Å². The van der Waals surface area contributed by atoms with Crippen LogP contribution in [0.2, 0.25) is 0 Å². The maximum Gasteiger partial charge on any atom is 0.272 e. The molecule has 1 fully saturated rings. The molecule has 6 heteroatoms. The highest BCUT2D eigenvalue weighted by Gasteiger charge is 2.17. The third kappa shape index (κ3) is 3.76. The molecule has 1 aliphatic rings. The number of nitrogens with one attached hydrogen (secondary N) is 2. The first-order valence-corrected chi connectivity index (χ1v) is 7.92. The molecule has 0 bridgehead atoms. The molecule has 5 nitrogen and oxygen atoms in total. The van der Waals surface area contributed by atoms with Crippen molar-refractivity contribution in [2.45, 2.75) is 32.4 Å². The molecule has 23 heavy (non-hydrogen) atoms. The summed E-state index contributed by atoms with van der Waals surface area (Å²) in [5.74, 6) is -0.450. The minimum absolute atomic E-state index is 0.213. The molecule has 1 aliphatic heterocycles. The first kappa shape index (κ1) is 15.7. The largest absolute Gasteiger partial charge is 0.347 e. The number of aryl methyl sites for hydroxylation is 1. The lowest BCUT2D eigenvalue weighted by molar-refractivity contribution is 0.0944. The number of carbonyl (C=O) groups is 1. The van der Waals surface area contributed by atoms with E-state index in [2.05, 4.69) is 15.7 Å². The molecule has 2 heterocycles. The standard InChI is InChI=1S/C17H21FN4O/c1-12-9-13(4-5-15(12)18)10-20-17(23)16-6-8-22(21-16)14-3-2-7-19-11-14/h4-6,8-9,14,19H,2-3,7,10-11H2,1H3,(H,20,23). The van der Waals surface area contributed by atoms with Crippen molar-refractivity contribution in [1.29, 1.82) is 0 Å². The van der Waals surface area contributed by atoms with Crippen LogP contribution in [0.3, 0.4) is 0 Å². The molecule has 1 unspecified atom stereocenters. The number of halogens is 1. The number of benzene rings is 1.